The number of rotatable bonds is 1. The van der Waals surface area contributed by atoms with Gasteiger partial charge in [-0.1, -0.05) is 34.1 Å². The highest BCUT2D eigenvalue weighted by Crippen LogP contribution is 2.29. The van der Waals surface area contributed by atoms with Crippen LogP contribution in [0.4, 0.5) is 0 Å². The first kappa shape index (κ1) is 10.1. The highest BCUT2D eigenvalue weighted by Gasteiger charge is 2.13. The molecule has 0 fully saturated rings. The maximum Gasteiger partial charge on any atom is 0.0470 e. The van der Waals surface area contributed by atoms with Crippen LogP contribution in [0.2, 0.25) is 0 Å². The van der Waals surface area contributed by atoms with Crippen molar-refractivity contribution in [2.75, 3.05) is 6.54 Å². The summed E-state index contributed by atoms with van der Waals surface area (Å²) in [7, 11) is 0. The van der Waals surface area contributed by atoms with Crippen LogP contribution in [0.5, 0.6) is 0 Å². The van der Waals surface area contributed by atoms with E-state index in [0.29, 0.717) is 0 Å². The van der Waals surface area contributed by atoms with Gasteiger partial charge in [0, 0.05) is 28.0 Å². The molecule has 1 aromatic carbocycles. The number of hydrogen-bond acceptors (Lipinski definition) is 1. The third-order valence-electron chi connectivity index (χ3n) is 3.03. The molecular formula is C13H13BrN2. The molecular weight excluding hydrogens is 264 g/mol. The van der Waals surface area contributed by atoms with Crippen molar-refractivity contribution in [2.24, 2.45) is 0 Å². The van der Waals surface area contributed by atoms with E-state index in [4.69, 9.17) is 0 Å². The van der Waals surface area contributed by atoms with Crippen molar-refractivity contribution in [3.63, 3.8) is 0 Å². The maximum absolute atomic E-state index is 3.59. The third kappa shape index (κ3) is 1.70. The van der Waals surface area contributed by atoms with Crippen LogP contribution in [-0.2, 0) is 13.0 Å². The molecule has 3 heteroatoms. The minimum Gasteiger partial charge on any atom is -0.357 e. The van der Waals surface area contributed by atoms with Crippen molar-refractivity contribution in [2.45, 2.75) is 13.0 Å². The normalized spacial score (nSPS) is 14.8. The summed E-state index contributed by atoms with van der Waals surface area (Å²) in [4.78, 5) is 3.50. The van der Waals surface area contributed by atoms with Gasteiger partial charge in [-0.05, 0) is 30.7 Å². The van der Waals surface area contributed by atoms with Crippen LogP contribution in [0.15, 0.2) is 34.8 Å². The number of aromatic nitrogens is 1. The molecule has 1 aliphatic heterocycles. The van der Waals surface area contributed by atoms with E-state index in [1.54, 1.807) is 0 Å². The van der Waals surface area contributed by atoms with Crippen molar-refractivity contribution >= 4 is 15.9 Å². The summed E-state index contributed by atoms with van der Waals surface area (Å²) < 4.78 is 1.14. The van der Waals surface area contributed by atoms with Crippen LogP contribution >= 0.6 is 15.9 Å². The first-order chi connectivity index (χ1) is 7.84. The van der Waals surface area contributed by atoms with Gasteiger partial charge in [-0.25, -0.2) is 0 Å². The first-order valence-corrected chi connectivity index (χ1v) is 6.30. The molecule has 2 aromatic rings. The Balaban J connectivity index is 2.07. The lowest BCUT2D eigenvalue weighted by Gasteiger charge is -2.11. The summed E-state index contributed by atoms with van der Waals surface area (Å²) in [6.07, 6.45) is 1.12. The second kappa shape index (κ2) is 4.07. The van der Waals surface area contributed by atoms with Crippen LogP contribution in [0.25, 0.3) is 11.3 Å². The molecule has 0 spiro atoms. The monoisotopic (exact) mass is 276 g/mol. The average molecular weight is 277 g/mol. The van der Waals surface area contributed by atoms with Gasteiger partial charge >= 0.3 is 0 Å². The van der Waals surface area contributed by atoms with Crippen LogP contribution < -0.4 is 5.32 Å². The molecule has 2 nitrogen and oxygen atoms in total. The van der Waals surface area contributed by atoms with E-state index in [1.165, 1.54) is 22.5 Å². The quantitative estimate of drug-likeness (QED) is 0.823. The van der Waals surface area contributed by atoms with Crippen LogP contribution in [0.1, 0.15) is 11.3 Å². The average Bonchev–Trinajstić information content (AvgIpc) is 2.73. The summed E-state index contributed by atoms with van der Waals surface area (Å²) in [5, 5.41) is 3.38. The number of halogens is 1. The molecule has 0 unspecified atom stereocenters. The molecule has 0 saturated carbocycles. The topological polar surface area (TPSA) is 27.8 Å². The predicted molar refractivity (Wildman–Crippen MR) is 69.3 cm³/mol. The number of H-pyrrole nitrogens is 1. The van der Waals surface area contributed by atoms with E-state index in [0.717, 1.165) is 24.0 Å². The van der Waals surface area contributed by atoms with Crippen LogP contribution in [0, 0.1) is 0 Å². The van der Waals surface area contributed by atoms with Gasteiger partial charge in [-0.3, -0.25) is 0 Å². The van der Waals surface area contributed by atoms with E-state index < -0.39 is 0 Å². The van der Waals surface area contributed by atoms with Crippen LogP contribution in [-0.4, -0.2) is 11.5 Å². The van der Waals surface area contributed by atoms with Crippen molar-refractivity contribution in [3.05, 3.63) is 46.1 Å². The molecule has 0 bridgehead atoms. The van der Waals surface area contributed by atoms with E-state index in [1.807, 2.05) is 6.07 Å². The fraction of sp³-hybridized carbons (Fsp3) is 0.231. The Morgan fingerprint density at radius 1 is 1.19 bits per heavy atom. The summed E-state index contributed by atoms with van der Waals surface area (Å²) in [5.41, 5.74) is 5.22. The first-order valence-electron chi connectivity index (χ1n) is 5.51. The Hall–Kier alpha value is -1.06. The molecule has 0 amide bonds. The van der Waals surface area contributed by atoms with E-state index in [9.17, 15) is 0 Å². The maximum atomic E-state index is 3.59. The molecule has 2 N–H and O–H groups in total. The zero-order valence-corrected chi connectivity index (χ0v) is 10.5. The number of hydrogen-bond donors (Lipinski definition) is 2. The second-order valence-electron chi connectivity index (χ2n) is 4.09. The molecule has 0 aliphatic carbocycles. The zero-order valence-electron chi connectivity index (χ0n) is 8.89. The SMILES string of the molecule is Brc1ccccc1-c1cc2c([nH]1)CNCC2. The smallest absolute Gasteiger partial charge is 0.0470 e. The van der Waals surface area contributed by atoms with E-state index in [2.05, 4.69) is 50.5 Å². The van der Waals surface area contributed by atoms with Crippen molar-refractivity contribution < 1.29 is 0 Å². The molecule has 3 rings (SSSR count). The summed E-state index contributed by atoms with van der Waals surface area (Å²) >= 11 is 3.59. The Morgan fingerprint density at radius 2 is 2.06 bits per heavy atom. The van der Waals surface area contributed by atoms with Gasteiger partial charge in [-0.15, -0.1) is 0 Å². The highest BCUT2D eigenvalue weighted by atomic mass is 79.9. The lowest BCUT2D eigenvalue weighted by molar-refractivity contribution is 0.635. The molecule has 0 saturated heterocycles. The molecule has 16 heavy (non-hydrogen) atoms. The van der Waals surface area contributed by atoms with Gasteiger partial charge in [0.25, 0.3) is 0 Å². The van der Waals surface area contributed by atoms with E-state index >= 15 is 0 Å². The van der Waals surface area contributed by atoms with Gasteiger partial charge in [0.2, 0.25) is 0 Å². The van der Waals surface area contributed by atoms with Gasteiger partial charge in [-0.2, -0.15) is 0 Å². The molecule has 2 heterocycles. The number of benzene rings is 1. The van der Waals surface area contributed by atoms with Crippen molar-refractivity contribution in [1.82, 2.24) is 10.3 Å². The number of nitrogens with one attached hydrogen (secondary N) is 2. The Morgan fingerprint density at radius 3 is 2.88 bits per heavy atom. The molecule has 82 valence electrons. The third-order valence-corrected chi connectivity index (χ3v) is 3.72. The number of fused-ring (bicyclic) bond motifs is 1. The fourth-order valence-corrected chi connectivity index (χ4v) is 2.68. The van der Waals surface area contributed by atoms with Gasteiger partial charge in [0.05, 0.1) is 0 Å². The standard InChI is InChI=1S/C13H13BrN2/c14-11-4-2-1-3-10(11)12-7-9-5-6-15-8-13(9)16-12/h1-4,7,15-16H,5-6,8H2. The second-order valence-corrected chi connectivity index (χ2v) is 4.95. The van der Waals surface area contributed by atoms with Crippen molar-refractivity contribution in [1.29, 1.82) is 0 Å². The Bertz CT molecular complexity index is 493. The summed E-state index contributed by atoms with van der Waals surface area (Å²) in [5.74, 6) is 0. The van der Waals surface area contributed by atoms with Gasteiger partial charge < -0.3 is 10.3 Å². The summed E-state index contributed by atoms with van der Waals surface area (Å²) in [6.45, 7) is 2.04. The zero-order chi connectivity index (χ0) is 11.0. The summed E-state index contributed by atoms with van der Waals surface area (Å²) in [6, 6.07) is 10.6. The van der Waals surface area contributed by atoms with Crippen molar-refractivity contribution in [3.8, 4) is 11.3 Å². The fourth-order valence-electron chi connectivity index (χ4n) is 2.18. The molecule has 0 atom stereocenters. The largest absolute Gasteiger partial charge is 0.357 e. The Kier molecular flexibility index (Phi) is 2.58. The Labute approximate surface area is 103 Å². The molecule has 1 aliphatic rings. The van der Waals surface area contributed by atoms with Gasteiger partial charge in [0.1, 0.15) is 0 Å². The number of aromatic amines is 1. The molecule has 1 aromatic heterocycles. The lowest BCUT2D eigenvalue weighted by Crippen LogP contribution is -2.22. The van der Waals surface area contributed by atoms with Gasteiger partial charge in [0.15, 0.2) is 0 Å². The van der Waals surface area contributed by atoms with Crippen LogP contribution in [0.3, 0.4) is 0 Å². The molecule has 0 radical (unpaired) electrons. The lowest BCUT2D eigenvalue weighted by atomic mass is 10.1. The predicted octanol–water partition coefficient (Wildman–Crippen LogP) is 3.09. The minimum atomic E-state index is 0.958. The van der Waals surface area contributed by atoms with E-state index in [-0.39, 0.29) is 0 Å². The highest BCUT2D eigenvalue weighted by molar-refractivity contribution is 9.10. The minimum absolute atomic E-state index is 0.958.